The van der Waals surface area contributed by atoms with E-state index in [-0.39, 0.29) is 23.6 Å². The molecule has 2 aliphatic rings. The zero-order valence-electron chi connectivity index (χ0n) is 15.7. The Labute approximate surface area is 158 Å². The topological polar surface area (TPSA) is 66.5 Å². The van der Waals surface area contributed by atoms with Crippen LogP contribution in [0.3, 0.4) is 0 Å². The molecule has 2 aliphatic heterocycles. The van der Waals surface area contributed by atoms with Crippen LogP contribution in [-0.4, -0.2) is 29.2 Å². The van der Waals surface area contributed by atoms with E-state index in [0.29, 0.717) is 30.0 Å². The Morgan fingerprint density at radius 2 is 1.63 bits per heavy atom. The van der Waals surface area contributed by atoms with Crippen molar-refractivity contribution in [3.63, 3.8) is 0 Å². The first-order valence-electron chi connectivity index (χ1n) is 9.28. The van der Waals surface area contributed by atoms with E-state index < -0.39 is 0 Å². The highest BCUT2D eigenvalue weighted by Crippen LogP contribution is 2.31. The van der Waals surface area contributed by atoms with E-state index >= 15 is 0 Å². The summed E-state index contributed by atoms with van der Waals surface area (Å²) in [5.74, 6) is -0.186. The first-order chi connectivity index (χ1) is 12.8. The minimum atomic E-state index is -0.230. The molecule has 5 heteroatoms. The molecule has 0 aromatic heterocycles. The molecule has 2 heterocycles. The Bertz CT molecular complexity index is 978. The van der Waals surface area contributed by atoms with Crippen molar-refractivity contribution in [2.75, 3.05) is 11.9 Å². The van der Waals surface area contributed by atoms with Gasteiger partial charge in [0.25, 0.3) is 11.8 Å². The third-order valence-corrected chi connectivity index (χ3v) is 5.45. The predicted molar refractivity (Wildman–Crippen MR) is 103 cm³/mol. The second-order valence-electron chi connectivity index (χ2n) is 7.72. The summed E-state index contributed by atoms with van der Waals surface area (Å²) in [6.45, 7) is 6.43. The van der Waals surface area contributed by atoms with Crippen molar-refractivity contribution in [2.24, 2.45) is 0 Å². The van der Waals surface area contributed by atoms with Crippen molar-refractivity contribution in [2.45, 2.75) is 39.0 Å². The Morgan fingerprint density at radius 3 is 2.37 bits per heavy atom. The number of hydrogen-bond acceptors (Lipinski definition) is 3. The third-order valence-electron chi connectivity index (χ3n) is 5.45. The van der Waals surface area contributed by atoms with Gasteiger partial charge in [-0.25, -0.2) is 0 Å². The SMILES string of the molecule is CC(C)c1ccc2c(c1)C(=O)N(CC(C)c1ccc3c(c1)NC(=O)C3)C2=O. The van der Waals surface area contributed by atoms with E-state index in [0.717, 1.165) is 22.4 Å². The van der Waals surface area contributed by atoms with Gasteiger partial charge in [-0.1, -0.05) is 39.0 Å². The zero-order chi connectivity index (χ0) is 19.3. The molecule has 0 saturated heterocycles. The molecule has 1 atom stereocenters. The number of imide groups is 1. The molecule has 4 rings (SSSR count). The maximum absolute atomic E-state index is 12.8. The quantitative estimate of drug-likeness (QED) is 0.843. The fourth-order valence-corrected chi connectivity index (χ4v) is 3.75. The average Bonchev–Trinajstić information content (AvgIpc) is 3.12. The number of nitrogens with one attached hydrogen (secondary N) is 1. The summed E-state index contributed by atoms with van der Waals surface area (Å²) in [5, 5.41) is 2.85. The Kier molecular flexibility index (Phi) is 4.10. The molecule has 3 amide bonds. The van der Waals surface area contributed by atoms with Gasteiger partial charge in [-0.3, -0.25) is 19.3 Å². The van der Waals surface area contributed by atoms with Crippen molar-refractivity contribution in [3.05, 3.63) is 64.2 Å². The number of hydrogen-bond donors (Lipinski definition) is 1. The van der Waals surface area contributed by atoms with E-state index in [9.17, 15) is 14.4 Å². The maximum atomic E-state index is 12.8. The van der Waals surface area contributed by atoms with Crippen molar-refractivity contribution in [1.29, 1.82) is 0 Å². The highest BCUT2D eigenvalue weighted by atomic mass is 16.2. The first kappa shape index (κ1) is 17.5. The Hall–Kier alpha value is -2.95. The van der Waals surface area contributed by atoms with Crippen LogP contribution in [0.15, 0.2) is 36.4 Å². The number of benzene rings is 2. The summed E-state index contributed by atoms with van der Waals surface area (Å²) in [6, 6.07) is 11.4. The smallest absolute Gasteiger partial charge is 0.261 e. The van der Waals surface area contributed by atoms with Crippen molar-refractivity contribution < 1.29 is 14.4 Å². The summed E-state index contributed by atoms with van der Waals surface area (Å²) >= 11 is 0. The van der Waals surface area contributed by atoms with Gasteiger partial charge in [-0.2, -0.15) is 0 Å². The van der Waals surface area contributed by atoms with E-state index in [1.54, 1.807) is 6.07 Å². The highest BCUT2D eigenvalue weighted by molar-refractivity contribution is 6.21. The lowest BCUT2D eigenvalue weighted by Crippen LogP contribution is -2.33. The van der Waals surface area contributed by atoms with Crippen LogP contribution in [0, 0.1) is 0 Å². The molecular formula is C22H22N2O3. The van der Waals surface area contributed by atoms with E-state index in [1.165, 1.54) is 4.90 Å². The van der Waals surface area contributed by atoms with Crippen LogP contribution in [0.1, 0.15) is 70.0 Å². The molecule has 0 bridgehead atoms. The lowest BCUT2D eigenvalue weighted by molar-refractivity contribution is -0.115. The molecule has 0 saturated carbocycles. The average molecular weight is 362 g/mol. The van der Waals surface area contributed by atoms with Crippen LogP contribution in [0.4, 0.5) is 5.69 Å². The molecule has 2 aromatic rings. The fraction of sp³-hybridized carbons (Fsp3) is 0.318. The van der Waals surface area contributed by atoms with Gasteiger partial charge in [-0.15, -0.1) is 0 Å². The van der Waals surface area contributed by atoms with Crippen LogP contribution in [0.25, 0.3) is 0 Å². The van der Waals surface area contributed by atoms with Gasteiger partial charge in [0.2, 0.25) is 5.91 Å². The summed E-state index contributed by atoms with van der Waals surface area (Å²) in [6.07, 6.45) is 0.403. The van der Waals surface area contributed by atoms with Gasteiger partial charge < -0.3 is 5.32 Å². The van der Waals surface area contributed by atoms with Crippen LogP contribution in [0.2, 0.25) is 0 Å². The van der Waals surface area contributed by atoms with Crippen LogP contribution in [0.5, 0.6) is 0 Å². The van der Waals surface area contributed by atoms with Gasteiger partial charge in [-0.05, 0) is 46.7 Å². The molecule has 2 aromatic carbocycles. The van der Waals surface area contributed by atoms with E-state index in [1.807, 2.05) is 37.3 Å². The van der Waals surface area contributed by atoms with E-state index in [2.05, 4.69) is 19.2 Å². The predicted octanol–water partition coefficient (Wildman–Crippen LogP) is 3.70. The molecule has 1 unspecified atom stereocenters. The van der Waals surface area contributed by atoms with Crippen LogP contribution in [-0.2, 0) is 11.2 Å². The third kappa shape index (κ3) is 2.93. The minimum Gasteiger partial charge on any atom is -0.326 e. The number of amides is 3. The molecule has 0 radical (unpaired) electrons. The molecule has 138 valence electrons. The lowest BCUT2D eigenvalue weighted by Gasteiger charge is -2.20. The molecule has 1 N–H and O–H groups in total. The monoisotopic (exact) mass is 362 g/mol. The van der Waals surface area contributed by atoms with Crippen LogP contribution >= 0.6 is 0 Å². The minimum absolute atomic E-state index is 0.00360. The normalized spacial score (nSPS) is 16.6. The summed E-state index contributed by atoms with van der Waals surface area (Å²) in [7, 11) is 0. The van der Waals surface area contributed by atoms with Crippen LogP contribution < -0.4 is 5.32 Å². The van der Waals surface area contributed by atoms with Gasteiger partial charge in [0.05, 0.1) is 17.5 Å². The maximum Gasteiger partial charge on any atom is 0.261 e. The Morgan fingerprint density at radius 1 is 0.926 bits per heavy atom. The van der Waals surface area contributed by atoms with Gasteiger partial charge >= 0.3 is 0 Å². The summed E-state index contributed by atoms with van der Waals surface area (Å²) in [5.41, 5.74) is 4.85. The Balaban J connectivity index is 1.56. The highest BCUT2D eigenvalue weighted by Gasteiger charge is 2.36. The lowest BCUT2D eigenvalue weighted by atomic mass is 9.98. The summed E-state index contributed by atoms with van der Waals surface area (Å²) < 4.78 is 0. The standard InChI is InChI=1S/C22H22N2O3/c1-12(2)14-6-7-17-18(8-14)22(27)24(21(17)26)11-13(3)15-4-5-16-10-20(25)23-19(16)9-15/h4-9,12-13H,10-11H2,1-3H3,(H,23,25). The number of nitrogens with zero attached hydrogens (tertiary/aromatic N) is 1. The molecule has 0 fully saturated rings. The van der Waals surface area contributed by atoms with Gasteiger partial charge in [0, 0.05) is 12.2 Å². The second kappa shape index (κ2) is 6.34. The van der Waals surface area contributed by atoms with Crippen molar-refractivity contribution >= 4 is 23.4 Å². The first-order valence-corrected chi connectivity index (χ1v) is 9.28. The number of anilines is 1. The van der Waals surface area contributed by atoms with Crippen molar-refractivity contribution in [1.82, 2.24) is 4.90 Å². The molecule has 27 heavy (non-hydrogen) atoms. The number of rotatable bonds is 4. The van der Waals surface area contributed by atoms with Crippen molar-refractivity contribution in [3.8, 4) is 0 Å². The molecule has 0 spiro atoms. The van der Waals surface area contributed by atoms with E-state index in [4.69, 9.17) is 0 Å². The number of carbonyl (C=O) groups excluding carboxylic acids is 3. The second-order valence-corrected chi connectivity index (χ2v) is 7.72. The summed E-state index contributed by atoms with van der Waals surface area (Å²) in [4.78, 5) is 38.4. The molecular weight excluding hydrogens is 340 g/mol. The molecule has 5 nitrogen and oxygen atoms in total. The van der Waals surface area contributed by atoms with Gasteiger partial charge in [0.1, 0.15) is 0 Å². The zero-order valence-corrected chi connectivity index (χ0v) is 15.7. The van der Waals surface area contributed by atoms with Gasteiger partial charge in [0.15, 0.2) is 0 Å². The fourth-order valence-electron chi connectivity index (χ4n) is 3.75. The number of fused-ring (bicyclic) bond motifs is 2. The molecule has 0 aliphatic carbocycles. The largest absolute Gasteiger partial charge is 0.326 e. The number of carbonyl (C=O) groups is 3.